The van der Waals surface area contributed by atoms with Gasteiger partial charge in [-0.1, -0.05) is 123 Å². The van der Waals surface area contributed by atoms with Crippen LogP contribution in [0.15, 0.2) is 0 Å². The van der Waals surface area contributed by atoms with E-state index in [0.29, 0.717) is 12.5 Å². The fraction of sp³-hybridized carbons (Fsp3) is 1.00. The zero-order valence-corrected chi connectivity index (χ0v) is 16.5. The monoisotopic (exact) mass is 326 g/mol. The predicted molar refractivity (Wildman–Crippen MR) is 105 cm³/mol. The van der Waals surface area contributed by atoms with Crippen LogP contribution >= 0.6 is 0 Å². The molecule has 0 bridgehead atoms. The highest BCUT2D eigenvalue weighted by atomic mass is 16.3. The molecular weight excluding hydrogens is 280 g/mol. The smallest absolute Gasteiger partial charge is 0.0433 e. The second kappa shape index (κ2) is 20.0. The van der Waals surface area contributed by atoms with Crippen molar-refractivity contribution in [3.05, 3.63) is 0 Å². The van der Waals surface area contributed by atoms with Gasteiger partial charge >= 0.3 is 0 Å². The summed E-state index contributed by atoms with van der Waals surface area (Å²) >= 11 is 0. The van der Waals surface area contributed by atoms with Crippen molar-refractivity contribution in [1.29, 1.82) is 0 Å². The summed E-state index contributed by atoms with van der Waals surface area (Å²) in [6, 6.07) is 0. The topological polar surface area (TPSA) is 20.2 Å². The van der Waals surface area contributed by atoms with E-state index in [-0.39, 0.29) is 0 Å². The first kappa shape index (κ1) is 23.0. The minimum atomic E-state index is 0.361. The molecule has 0 amide bonds. The van der Waals surface area contributed by atoms with Gasteiger partial charge in [-0.3, -0.25) is 0 Å². The normalized spacial score (nSPS) is 12.7. The molecule has 23 heavy (non-hydrogen) atoms. The lowest BCUT2D eigenvalue weighted by Gasteiger charge is -2.08. The Hall–Kier alpha value is -0.0400. The van der Waals surface area contributed by atoms with E-state index < -0.39 is 0 Å². The van der Waals surface area contributed by atoms with Crippen molar-refractivity contribution in [2.24, 2.45) is 5.92 Å². The highest BCUT2D eigenvalue weighted by Crippen LogP contribution is 2.16. The molecule has 1 atom stereocenters. The first-order valence-corrected chi connectivity index (χ1v) is 10.9. The molecule has 0 spiro atoms. The molecule has 140 valence electrons. The minimum absolute atomic E-state index is 0.361. The van der Waals surface area contributed by atoms with E-state index in [1.165, 1.54) is 109 Å². The molecule has 0 aliphatic rings. The maximum absolute atomic E-state index is 8.87. The average Bonchev–Trinajstić information content (AvgIpc) is 2.54. The van der Waals surface area contributed by atoms with Crippen LogP contribution in [-0.4, -0.2) is 11.7 Å². The average molecular weight is 327 g/mol. The molecule has 0 rings (SSSR count). The van der Waals surface area contributed by atoms with Gasteiger partial charge in [0.2, 0.25) is 0 Å². The molecule has 0 aromatic carbocycles. The van der Waals surface area contributed by atoms with E-state index in [0.717, 1.165) is 6.42 Å². The summed E-state index contributed by atoms with van der Waals surface area (Å²) in [4.78, 5) is 0. The van der Waals surface area contributed by atoms with Crippen molar-refractivity contribution in [2.45, 2.75) is 129 Å². The molecule has 0 unspecified atom stereocenters. The highest BCUT2D eigenvalue weighted by molar-refractivity contribution is 4.54. The Bertz CT molecular complexity index is 202. The number of hydrogen-bond acceptors (Lipinski definition) is 1. The highest BCUT2D eigenvalue weighted by Gasteiger charge is 2.00. The summed E-state index contributed by atoms with van der Waals surface area (Å²) < 4.78 is 0. The van der Waals surface area contributed by atoms with Crippen LogP contribution in [0.5, 0.6) is 0 Å². The van der Waals surface area contributed by atoms with Gasteiger partial charge in [-0.25, -0.2) is 0 Å². The maximum atomic E-state index is 8.87. The van der Waals surface area contributed by atoms with E-state index in [1.54, 1.807) is 0 Å². The third-order valence-corrected chi connectivity index (χ3v) is 5.17. The van der Waals surface area contributed by atoms with E-state index >= 15 is 0 Å². The van der Waals surface area contributed by atoms with Crippen LogP contribution in [0.3, 0.4) is 0 Å². The van der Waals surface area contributed by atoms with Crippen molar-refractivity contribution in [2.75, 3.05) is 6.61 Å². The third kappa shape index (κ3) is 19.9. The largest absolute Gasteiger partial charge is 0.396 e. The summed E-state index contributed by atoms with van der Waals surface area (Å²) in [5.41, 5.74) is 0. The van der Waals surface area contributed by atoms with Crippen molar-refractivity contribution >= 4 is 0 Å². The Morgan fingerprint density at radius 2 is 0.870 bits per heavy atom. The van der Waals surface area contributed by atoms with Gasteiger partial charge in [-0.15, -0.1) is 0 Å². The first-order chi connectivity index (χ1) is 11.3. The van der Waals surface area contributed by atoms with Crippen LogP contribution in [0.2, 0.25) is 0 Å². The lowest BCUT2D eigenvalue weighted by atomic mass is 9.99. The van der Waals surface area contributed by atoms with Crippen molar-refractivity contribution in [3.63, 3.8) is 0 Å². The third-order valence-electron chi connectivity index (χ3n) is 5.17. The van der Waals surface area contributed by atoms with Gasteiger partial charge in [0.15, 0.2) is 0 Å². The summed E-state index contributed by atoms with van der Waals surface area (Å²) in [5.74, 6) is 0.714. The lowest BCUT2D eigenvalue weighted by molar-refractivity contribution is 0.256. The fourth-order valence-electron chi connectivity index (χ4n) is 3.41. The van der Waals surface area contributed by atoms with Crippen LogP contribution in [0.25, 0.3) is 0 Å². The second-order valence-electron chi connectivity index (χ2n) is 7.71. The molecule has 1 N–H and O–H groups in total. The molecule has 0 aliphatic carbocycles. The number of aliphatic hydroxyl groups is 1. The Labute approximate surface area is 147 Å². The molecule has 0 fully saturated rings. The minimum Gasteiger partial charge on any atom is -0.396 e. The number of aliphatic hydroxyl groups excluding tert-OH is 1. The number of hydrogen-bond donors (Lipinski definition) is 1. The molecule has 0 aromatic heterocycles. The van der Waals surface area contributed by atoms with Gasteiger partial charge in [-0.2, -0.15) is 0 Å². The fourth-order valence-corrected chi connectivity index (χ4v) is 3.41. The van der Waals surface area contributed by atoms with Crippen LogP contribution in [-0.2, 0) is 0 Å². The molecular formula is C22H46O. The van der Waals surface area contributed by atoms with Crippen LogP contribution < -0.4 is 0 Å². The zero-order valence-electron chi connectivity index (χ0n) is 16.5. The van der Waals surface area contributed by atoms with Crippen molar-refractivity contribution in [1.82, 2.24) is 0 Å². The molecule has 0 saturated carbocycles. The number of rotatable bonds is 19. The maximum Gasteiger partial charge on any atom is 0.0433 e. The van der Waals surface area contributed by atoms with Gasteiger partial charge < -0.3 is 5.11 Å². The standard InChI is InChI=1S/C22H46O/c1-3-4-5-6-7-8-9-10-11-12-13-14-15-16-17-18-19-22(2)20-21-23/h22-23H,3-21H2,1-2H3/t22-/m1/s1. The molecule has 0 saturated heterocycles. The summed E-state index contributed by atoms with van der Waals surface area (Å²) in [7, 11) is 0. The van der Waals surface area contributed by atoms with Gasteiger partial charge in [0.1, 0.15) is 0 Å². The lowest BCUT2D eigenvalue weighted by Crippen LogP contribution is -1.97. The van der Waals surface area contributed by atoms with Gasteiger partial charge in [0.05, 0.1) is 0 Å². The Morgan fingerprint density at radius 3 is 1.22 bits per heavy atom. The predicted octanol–water partition coefficient (Wildman–Crippen LogP) is 7.66. The van der Waals surface area contributed by atoms with Crippen LogP contribution in [0.1, 0.15) is 129 Å². The SMILES string of the molecule is CCCCCCCCCCCCCCCCCC[C@@H](C)CCO. The molecule has 0 radical (unpaired) electrons. The van der Waals surface area contributed by atoms with E-state index in [4.69, 9.17) is 5.11 Å². The Morgan fingerprint density at radius 1 is 0.522 bits per heavy atom. The van der Waals surface area contributed by atoms with Crippen LogP contribution in [0.4, 0.5) is 0 Å². The van der Waals surface area contributed by atoms with E-state index in [1.807, 2.05) is 0 Å². The summed E-state index contributed by atoms with van der Waals surface area (Å²) in [6.07, 6.45) is 25.3. The van der Waals surface area contributed by atoms with Crippen molar-refractivity contribution in [3.8, 4) is 0 Å². The van der Waals surface area contributed by atoms with Gasteiger partial charge in [0.25, 0.3) is 0 Å². The van der Waals surface area contributed by atoms with E-state index in [9.17, 15) is 0 Å². The van der Waals surface area contributed by atoms with Gasteiger partial charge in [0, 0.05) is 6.61 Å². The van der Waals surface area contributed by atoms with Crippen LogP contribution in [0, 0.1) is 5.92 Å². The molecule has 0 aromatic rings. The Balaban J connectivity index is 3.00. The quantitative estimate of drug-likeness (QED) is 0.242. The first-order valence-electron chi connectivity index (χ1n) is 10.9. The Kier molecular flexibility index (Phi) is 20.0. The second-order valence-corrected chi connectivity index (χ2v) is 7.71. The molecule has 0 aliphatic heterocycles. The zero-order chi connectivity index (χ0) is 17.0. The summed E-state index contributed by atoms with van der Waals surface area (Å²) in [5, 5.41) is 8.87. The molecule has 1 nitrogen and oxygen atoms in total. The molecule has 0 heterocycles. The molecule has 1 heteroatoms. The summed E-state index contributed by atoms with van der Waals surface area (Å²) in [6.45, 7) is 4.92. The van der Waals surface area contributed by atoms with Gasteiger partial charge in [-0.05, 0) is 12.3 Å². The number of unbranched alkanes of at least 4 members (excludes halogenated alkanes) is 15. The van der Waals surface area contributed by atoms with Crippen molar-refractivity contribution < 1.29 is 5.11 Å². The van der Waals surface area contributed by atoms with E-state index in [2.05, 4.69) is 13.8 Å².